The zero-order valence-electron chi connectivity index (χ0n) is 14.9. The van der Waals surface area contributed by atoms with Crippen LogP contribution in [0.3, 0.4) is 0 Å². The summed E-state index contributed by atoms with van der Waals surface area (Å²) in [6.07, 6.45) is 6.12. The minimum atomic E-state index is -0.177. The second-order valence-electron chi connectivity index (χ2n) is 6.98. The molecule has 2 aliphatic heterocycles. The molecule has 3 amide bonds. The number of anilines is 1. The van der Waals surface area contributed by atoms with Gasteiger partial charge >= 0.3 is 6.03 Å². The molecule has 7 heteroatoms. The van der Waals surface area contributed by atoms with E-state index in [1.54, 1.807) is 47.6 Å². The lowest BCUT2D eigenvalue weighted by molar-refractivity contribution is -0.124. The van der Waals surface area contributed by atoms with E-state index in [1.165, 1.54) is 0 Å². The molecule has 2 aliphatic rings. The van der Waals surface area contributed by atoms with Crippen LogP contribution in [0.15, 0.2) is 48.8 Å². The van der Waals surface area contributed by atoms with E-state index in [9.17, 15) is 9.59 Å². The summed E-state index contributed by atoms with van der Waals surface area (Å²) in [5, 5.41) is 5.95. The normalized spacial score (nSPS) is 21.8. The van der Waals surface area contributed by atoms with Gasteiger partial charge < -0.3 is 20.3 Å². The van der Waals surface area contributed by atoms with Gasteiger partial charge in [-0.25, -0.2) is 4.79 Å². The number of fused-ring (bicyclic) bond motifs is 3. The highest BCUT2D eigenvalue weighted by Crippen LogP contribution is 2.24. The van der Waals surface area contributed by atoms with Crippen LogP contribution in [0.2, 0.25) is 0 Å². The van der Waals surface area contributed by atoms with E-state index in [-0.39, 0.29) is 23.9 Å². The van der Waals surface area contributed by atoms with E-state index in [0.717, 1.165) is 19.3 Å². The minimum absolute atomic E-state index is 0.0472. The maximum absolute atomic E-state index is 12.7. The maximum Gasteiger partial charge on any atom is 0.321 e. The van der Waals surface area contributed by atoms with E-state index in [0.29, 0.717) is 30.3 Å². The average Bonchev–Trinajstić information content (AvgIpc) is 2.93. The SMILES string of the molecule is O=C1N[C@H]2CCC[C@@H]1CN(C(=O)Nc1ccc(Oc3cccnc3)cc1)C2. The predicted octanol–water partition coefficient (Wildman–Crippen LogP) is 3.01. The van der Waals surface area contributed by atoms with Gasteiger partial charge in [0.2, 0.25) is 5.91 Å². The summed E-state index contributed by atoms with van der Waals surface area (Å²) >= 11 is 0. The molecule has 2 N–H and O–H groups in total. The first-order chi connectivity index (χ1) is 13.2. The number of rotatable bonds is 3. The van der Waals surface area contributed by atoms with Crippen molar-refractivity contribution in [3.63, 3.8) is 0 Å². The molecule has 0 saturated carbocycles. The van der Waals surface area contributed by atoms with Crippen molar-refractivity contribution >= 4 is 17.6 Å². The second kappa shape index (κ2) is 7.65. The van der Waals surface area contributed by atoms with Crippen LogP contribution in [0.4, 0.5) is 10.5 Å². The summed E-state index contributed by atoms with van der Waals surface area (Å²) in [6, 6.07) is 10.7. The number of ether oxygens (including phenoxy) is 1. The van der Waals surface area contributed by atoms with Crippen LogP contribution < -0.4 is 15.4 Å². The Morgan fingerprint density at radius 1 is 1.15 bits per heavy atom. The number of urea groups is 1. The monoisotopic (exact) mass is 366 g/mol. The van der Waals surface area contributed by atoms with Gasteiger partial charge in [0, 0.05) is 31.0 Å². The molecule has 2 saturated heterocycles. The molecule has 2 aromatic rings. The van der Waals surface area contributed by atoms with E-state index in [4.69, 9.17) is 4.74 Å². The van der Waals surface area contributed by atoms with Crippen molar-refractivity contribution in [2.75, 3.05) is 18.4 Å². The van der Waals surface area contributed by atoms with Crippen LogP contribution in [0, 0.1) is 5.92 Å². The van der Waals surface area contributed by atoms with Crippen molar-refractivity contribution in [3.05, 3.63) is 48.8 Å². The quantitative estimate of drug-likeness (QED) is 0.875. The van der Waals surface area contributed by atoms with Gasteiger partial charge in [-0.1, -0.05) is 6.42 Å². The van der Waals surface area contributed by atoms with E-state index in [2.05, 4.69) is 15.6 Å². The van der Waals surface area contributed by atoms with Crippen LogP contribution in [0.5, 0.6) is 11.5 Å². The van der Waals surface area contributed by atoms with Crippen molar-refractivity contribution < 1.29 is 14.3 Å². The third kappa shape index (κ3) is 4.19. The molecule has 4 rings (SSSR count). The van der Waals surface area contributed by atoms with Gasteiger partial charge in [-0.05, 0) is 49.2 Å². The molecule has 1 aromatic carbocycles. The Balaban J connectivity index is 1.38. The summed E-state index contributed by atoms with van der Waals surface area (Å²) in [5.41, 5.74) is 0.687. The second-order valence-corrected chi connectivity index (χ2v) is 6.98. The molecule has 1 aromatic heterocycles. The molecule has 0 unspecified atom stereocenters. The predicted molar refractivity (Wildman–Crippen MR) is 101 cm³/mol. The molecule has 140 valence electrons. The summed E-state index contributed by atoms with van der Waals surface area (Å²) in [7, 11) is 0. The number of aromatic nitrogens is 1. The molecule has 2 fully saturated rings. The van der Waals surface area contributed by atoms with Crippen molar-refractivity contribution in [2.45, 2.75) is 25.3 Å². The molecule has 3 heterocycles. The van der Waals surface area contributed by atoms with Crippen molar-refractivity contribution in [1.29, 1.82) is 0 Å². The van der Waals surface area contributed by atoms with Gasteiger partial charge in [-0.2, -0.15) is 0 Å². The van der Waals surface area contributed by atoms with E-state index < -0.39 is 0 Å². The van der Waals surface area contributed by atoms with Crippen molar-refractivity contribution in [1.82, 2.24) is 15.2 Å². The number of amides is 3. The Kier molecular flexibility index (Phi) is 4.91. The van der Waals surface area contributed by atoms with Crippen LogP contribution in [-0.2, 0) is 4.79 Å². The van der Waals surface area contributed by atoms with Gasteiger partial charge in [0.15, 0.2) is 0 Å². The number of hydrogen-bond donors (Lipinski definition) is 2. The Bertz CT molecular complexity index is 810. The number of nitrogens with one attached hydrogen (secondary N) is 2. The molecule has 0 aliphatic carbocycles. The Morgan fingerprint density at radius 3 is 2.78 bits per heavy atom. The first-order valence-corrected chi connectivity index (χ1v) is 9.21. The number of pyridine rings is 1. The molecular weight excluding hydrogens is 344 g/mol. The Morgan fingerprint density at radius 2 is 2.00 bits per heavy atom. The molecule has 2 atom stereocenters. The fraction of sp³-hybridized carbons (Fsp3) is 0.350. The van der Waals surface area contributed by atoms with Crippen LogP contribution >= 0.6 is 0 Å². The lowest BCUT2D eigenvalue weighted by Gasteiger charge is -2.27. The highest BCUT2D eigenvalue weighted by atomic mass is 16.5. The van der Waals surface area contributed by atoms with E-state index >= 15 is 0 Å². The van der Waals surface area contributed by atoms with Gasteiger partial charge in [0.1, 0.15) is 11.5 Å². The molecular formula is C20H22N4O3. The maximum atomic E-state index is 12.7. The molecule has 2 bridgehead atoms. The van der Waals surface area contributed by atoms with Gasteiger partial charge in [-0.15, -0.1) is 0 Å². The number of nitrogens with zero attached hydrogens (tertiary/aromatic N) is 2. The zero-order valence-corrected chi connectivity index (χ0v) is 14.9. The number of benzene rings is 1. The largest absolute Gasteiger partial charge is 0.456 e. The van der Waals surface area contributed by atoms with Crippen LogP contribution in [0.1, 0.15) is 19.3 Å². The first kappa shape index (κ1) is 17.3. The molecule has 27 heavy (non-hydrogen) atoms. The van der Waals surface area contributed by atoms with Crippen LogP contribution in [0.25, 0.3) is 0 Å². The third-order valence-electron chi connectivity index (χ3n) is 4.97. The summed E-state index contributed by atoms with van der Waals surface area (Å²) in [5.74, 6) is 1.28. The van der Waals surface area contributed by atoms with Gasteiger partial charge in [0.25, 0.3) is 0 Å². The number of carbonyl (C=O) groups excluding carboxylic acids is 2. The molecule has 0 spiro atoms. The van der Waals surface area contributed by atoms with Crippen molar-refractivity contribution in [3.8, 4) is 11.5 Å². The summed E-state index contributed by atoms with van der Waals surface area (Å²) in [6.45, 7) is 1.02. The number of likely N-dealkylation sites (tertiary alicyclic amines) is 1. The summed E-state index contributed by atoms with van der Waals surface area (Å²) in [4.78, 5) is 30.5. The van der Waals surface area contributed by atoms with Crippen LogP contribution in [-0.4, -0.2) is 41.0 Å². The first-order valence-electron chi connectivity index (χ1n) is 9.21. The molecule has 0 radical (unpaired) electrons. The third-order valence-corrected chi connectivity index (χ3v) is 4.97. The number of carbonyl (C=O) groups is 2. The zero-order chi connectivity index (χ0) is 18.6. The standard InChI is InChI=1S/C20H22N4O3/c25-19-14-3-1-4-16(22-19)13-24(12-14)20(26)23-15-6-8-17(9-7-15)27-18-5-2-10-21-11-18/h2,5-11,14,16H,1,3-4,12-13H2,(H,22,25)(H,23,26)/t14-,16+/m1/s1. The number of hydrogen-bond acceptors (Lipinski definition) is 4. The molecule has 7 nitrogen and oxygen atoms in total. The van der Waals surface area contributed by atoms with Crippen molar-refractivity contribution in [2.24, 2.45) is 5.92 Å². The Hall–Kier alpha value is -3.09. The van der Waals surface area contributed by atoms with Gasteiger partial charge in [-0.3, -0.25) is 9.78 Å². The fourth-order valence-corrected chi connectivity index (χ4v) is 3.57. The summed E-state index contributed by atoms with van der Waals surface area (Å²) < 4.78 is 5.70. The topological polar surface area (TPSA) is 83.6 Å². The highest BCUT2D eigenvalue weighted by molar-refractivity contribution is 5.90. The van der Waals surface area contributed by atoms with E-state index in [1.807, 2.05) is 6.07 Å². The average molecular weight is 366 g/mol. The Labute approximate surface area is 157 Å². The lowest BCUT2D eigenvalue weighted by atomic mass is 9.99. The minimum Gasteiger partial charge on any atom is -0.456 e. The highest BCUT2D eigenvalue weighted by Gasteiger charge is 2.34. The smallest absolute Gasteiger partial charge is 0.321 e. The fourth-order valence-electron chi connectivity index (χ4n) is 3.57. The van der Waals surface area contributed by atoms with Gasteiger partial charge in [0.05, 0.1) is 12.1 Å². The lowest BCUT2D eigenvalue weighted by Crippen LogP contribution is -2.43.